The molecule has 0 fully saturated rings. The molecule has 8 nitrogen and oxygen atoms in total. The molecular formula is C16H12N4Na2O4. The van der Waals surface area contributed by atoms with Crippen LogP contribution in [0.2, 0.25) is 0 Å². The molecule has 0 unspecified atom stereocenters. The second-order valence-electron chi connectivity index (χ2n) is 4.45. The molecule has 0 aliphatic heterocycles. The maximum absolute atomic E-state index is 11.2. The zero-order valence-electron chi connectivity index (χ0n) is 14.3. The van der Waals surface area contributed by atoms with Crippen LogP contribution in [0.5, 0.6) is 0 Å². The number of hydrogen-bond acceptors (Lipinski definition) is 8. The van der Waals surface area contributed by atoms with Crippen LogP contribution in [-0.4, -0.2) is 23.4 Å². The standard InChI is InChI=1S/C16H14N4O4.2Na/c21-15(22)13(19-17-11-7-3-1-4-8-11)14(16(23)24)20-18-12-9-5-2-6-10-12;;/h1-10,17-18H,(H,21,22)(H,23,24);;/q;2*+1/p-2/b19-13-,20-14+;;. The summed E-state index contributed by atoms with van der Waals surface area (Å²) in [7, 11) is 0. The van der Waals surface area contributed by atoms with Crippen molar-refractivity contribution in [2.75, 3.05) is 10.9 Å². The number of hydrazone groups is 2. The third-order valence-corrected chi connectivity index (χ3v) is 2.75. The number of rotatable bonds is 7. The van der Waals surface area contributed by atoms with Crippen molar-refractivity contribution in [3.8, 4) is 0 Å². The van der Waals surface area contributed by atoms with Crippen LogP contribution < -0.4 is 80.2 Å². The molecule has 0 heterocycles. The maximum Gasteiger partial charge on any atom is 1.00 e. The van der Waals surface area contributed by atoms with Gasteiger partial charge in [0, 0.05) is 0 Å². The molecule has 0 saturated heterocycles. The first-order valence-corrected chi connectivity index (χ1v) is 6.78. The van der Waals surface area contributed by atoms with Crippen molar-refractivity contribution in [2.24, 2.45) is 10.2 Å². The van der Waals surface area contributed by atoms with Crippen LogP contribution >= 0.6 is 0 Å². The Hall–Kier alpha value is -1.68. The van der Waals surface area contributed by atoms with Gasteiger partial charge in [-0.05, 0) is 24.3 Å². The number of aliphatic carboxylic acids is 2. The van der Waals surface area contributed by atoms with Gasteiger partial charge < -0.3 is 19.8 Å². The fraction of sp³-hybridized carbons (Fsp3) is 0. The average molecular weight is 370 g/mol. The van der Waals surface area contributed by atoms with Gasteiger partial charge in [-0.25, -0.2) is 0 Å². The summed E-state index contributed by atoms with van der Waals surface area (Å²) in [4.78, 5) is 22.4. The number of carboxylic acids is 2. The Kier molecular flexibility index (Phi) is 11.8. The average Bonchev–Trinajstić information content (AvgIpc) is 2.59. The van der Waals surface area contributed by atoms with E-state index in [9.17, 15) is 19.8 Å². The molecule has 2 aromatic carbocycles. The molecule has 0 spiro atoms. The number of carbonyl (C=O) groups is 2. The Bertz CT molecular complexity index is 716. The number of carbonyl (C=O) groups excluding carboxylic acids is 2. The molecule has 0 aromatic heterocycles. The summed E-state index contributed by atoms with van der Waals surface area (Å²) in [6, 6.07) is 16.8. The molecule has 0 bridgehead atoms. The van der Waals surface area contributed by atoms with Gasteiger partial charge in [0.15, 0.2) is 0 Å². The van der Waals surface area contributed by atoms with Gasteiger partial charge in [0.2, 0.25) is 0 Å². The second kappa shape index (κ2) is 12.6. The minimum Gasteiger partial charge on any atom is -0.543 e. The number of hydrogen-bond donors (Lipinski definition) is 2. The van der Waals surface area contributed by atoms with E-state index in [0.29, 0.717) is 11.4 Å². The van der Waals surface area contributed by atoms with Crippen LogP contribution in [0.15, 0.2) is 70.9 Å². The van der Waals surface area contributed by atoms with Crippen molar-refractivity contribution >= 4 is 34.7 Å². The van der Waals surface area contributed by atoms with Gasteiger partial charge in [0.1, 0.15) is 11.4 Å². The Labute approximate surface area is 194 Å². The number of nitrogens with one attached hydrogen (secondary N) is 2. The largest absolute Gasteiger partial charge is 1.00 e. The van der Waals surface area contributed by atoms with Crippen LogP contribution in [0.1, 0.15) is 0 Å². The summed E-state index contributed by atoms with van der Waals surface area (Å²) < 4.78 is 0. The van der Waals surface area contributed by atoms with Gasteiger partial charge in [-0.3, -0.25) is 10.9 Å². The molecule has 0 aliphatic carbocycles. The first kappa shape index (κ1) is 24.3. The van der Waals surface area contributed by atoms with Crippen molar-refractivity contribution in [2.45, 2.75) is 0 Å². The van der Waals surface area contributed by atoms with Crippen LogP contribution in [-0.2, 0) is 9.59 Å². The van der Waals surface area contributed by atoms with Crippen LogP contribution in [0.3, 0.4) is 0 Å². The minimum absolute atomic E-state index is 0. The second-order valence-corrected chi connectivity index (χ2v) is 4.45. The molecule has 0 radical (unpaired) electrons. The summed E-state index contributed by atoms with van der Waals surface area (Å²) in [5.41, 5.74) is 3.98. The van der Waals surface area contributed by atoms with E-state index in [4.69, 9.17) is 0 Å². The maximum atomic E-state index is 11.2. The van der Waals surface area contributed by atoms with E-state index in [1.165, 1.54) is 0 Å². The smallest absolute Gasteiger partial charge is 0.543 e. The van der Waals surface area contributed by atoms with Crippen molar-refractivity contribution in [1.82, 2.24) is 0 Å². The van der Waals surface area contributed by atoms with E-state index in [-0.39, 0.29) is 59.1 Å². The molecule has 26 heavy (non-hydrogen) atoms. The molecule has 0 atom stereocenters. The summed E-state index contributed by atoms with van der Waals surface area (Å²) in [5.74, 6) is -3.62. The summed E-state index contributed by atoms with van der Waals surface area (Å²) >= 11 is 0. The van der Waals surface area contributed by atoms with Crippen molar-refractivity contribution < 1.29 is 78.9 Å². The molecule has 0 amide bonds. The van der Waals surface area contributed by atoms with Crippen molar-refractivity contribution in [3.05, 3.63) is 60.7 Å². The number of carboxylic acid groups (broad SMARTS) is 2. The number of benzene rings is 2. The molecule has 2 aromatic rings. The SMILES string of the molecule is O=C([O-])C(=N\Nc1ccccc1)/C(=N\Nc1ccccc1)C(=O)[O-].[Na+].[Na+]. The van der Waals surface area contributed by atoms with E-state index in [1.54, 1.807) is 60.7 Å². The van der Waals surface area contributed by atoms with Gasteiger partial charge in [0.25, 0.3) is 0 Å². The van der Waals surface area contributed by atoms with Gasteiger partial charge in [-0.15, -0.1) is 0 Å². The van der Waals surface area contributed by atoms with E-state index < -0.39 is 23.4 Å². The first-order valence-electron chi connectivity index (χ1n) is 6.78. The molecule has 122 valence electrons. The van der Waals surface area contributed by atoms with E-state index in [1.807, 2.05) is 0 Å². The van der Waals surface area contributed by atoms with Crippen LogP contribution in [0, 0.1) is 0 Å². The minimum atomic E-state index is -1.81. The van der Waals surface area contributed by atoms with Gasteiger partial charge >= 0.3 is 59.1 Å². The molecule has 0 aliphatic rings. The molecule has 10 heteroatoms. The summed E-state index contributed by atoms with van der Waals surface area (Å²) in [6.45, 7) is 0. The van der Waals surface area contributed by atoms with E-state index in [2.05, 4.69) is 21.1 Å². The zero-order chi connectivity index (χ0) is 17.4. The zero-order valence-corrected chi connectivity index (χ0v) is 18.3. The van der Waals surface area contributed by atoms with Crippen molar-refractivity contribution in [1.29, 1.82) is 0 Å². The third kappa shape index (κ3) is 7.69. The number of nitrogens with zero attached hydrogens (tertiary/aromatic N) is 2. The Morgan fingerprint density at radius 3 is 1.23 bits per heavy atom. The van der Waals surface area contributed by atoms with Gasteiger partial charge in [-0.2, -0.15) is 10.2 Å². The fourth-order valence-electron chi connectivity index (χ4n) is 1.66. The summed E-state index contributed by atoms with van der Waals surface area (Å²) in [6.07, 6.45) is 0. The molecule has 2 rings (SSSR count). The Morgan fingerprint density at radius 2 is 0.962 bits per heavy atom. The topological polar surface area (TPSA) is 129 Å². The molecule has 0 saturated carbocycles. The van der Waals surface area contributed by atoms with Gasteiger partial charge in [0.05, 0.1) is 23.3 Å². The monoisotopic (exact) mass is 370 g/mol. The fourth-order valence-corrected chi connectivity index (χ4v) is 1.66. The van der Waals surface area contributed by atoms with E-state index >= 15 is 0 Å². The third-order valence-electron chi connectivity index (χ3n) is 2.75. The van der Waals surface area contributed by atoms with Crippen LogP contribution in [0.25, 0.3) is 0 Å². The Morgan fingerprint density at radius 1 is 0.654 bits per heavy atom. The summed E-state index contributed by atoms with van der Waals surface area (Å²) in [5, 5.41) is 29.5. The normalized spacial score (nSPS) is 10.8. The number of anilines is 2. The van der Waals surface area contributed by atoms with E-state index in [0.717, 1.165) is 0 Å². The predicted molar refractivity (Wildman–Crippen MR) is 85.0 cm³/mol. The van der Waals surface area contributed by atoms with Gasteiger partial charge in [-0.1, -0.05) is 36.4 Å². The van der Waals surface area contributed by atoms with Crippen molar-refractivity contribution in [3.63, 3.8) is 0 Å². The molecule has 2 N–H and O–H groups in total. The molecular weight excluding hydrogens is 358 g/mol. The van der Waals surface area contributed by atoms with Crippen LogP contribution in [0.4, 0.5) is 11.4 Å². The number of para-hydroxylation sites is 2. The Balaban J connectivity index is 0.00000312. The quantitative estimate of drug-likeness (QED) is 0.283. The predicted octanol–water partition coefficient (Wildman–Crippen LogP) is -6.57. The first-order chi connectivity index (χ1) is 11.6.